The van der Waals surface area contributed by atoms with Crippen LogP contribution in [0.15, 0.2) is 27.6 Å². The van der Waals surface area contributed by atoms with Crippen molar-refractivity contribution in [2.75, 3.05) is 18.8 Å². The van der Waals surface area contributed by atoms with E-state index in [2.05, 4.69) is 26.0 Å². The lowest BCUT2D eigenvalue weighted by Gasteiger charge is -2.08. The Morgan fingerprint density at radius 2 is 2.11 bits per heavy atom. The lowest BCUT2D eigenvalue weighted by Crippen LogP contribution is -2.30. The van der Waals surface area contributed by atoms with Crippen LogP contribution in [0.4, 0.5) is 5.69 Å². The molecule has 106 valence electrons. The topological polar surface area (TPSA) is 101 Å². The van der Waals surface area contributed by atoms with Gasteiger partial charge in [-0.15, -0.1) is 0 Å². The third-order valence-electron chi connectivity index (χ3n) is 2.30. The molecule has 0 aromatic heterocycles. The van der Waals surface area contributed by atoms with E-state index in [0.717, 1.165) is 0 Å². The first-order valence-corrected chi connectivity index (χ1v) is 7.96. The lowest BCUT2D eigenvalue weighted by atomic mass is 10.3. The van der Waals surface area contributed by atoms with Crippen molar-refractivity contribution in [1.82, 2.24) is 10.0 Å². The Bertz CT molecular complexity index is 560. The molecule has 19 heavy (non-hydrogen) atoms. The van der Waals surface area contributed by atoms with E-state index in [1.54, 1.807) is 6.92 Å². The van der Waals surface area contributed by atoms with E-state index in [1.807, 2.05) is 0 Å². The monoisotopic (exact) mass is 349 g/mol. The van der Waals surface area contributed by atoms with Gasteiger partial charge in [-0.05, 0) is 41.1 Å². The molecule has 4 N–H and O–H groups in total. The maximum Gasteiger partial charge on any atom is 0.240 e. The molecule has 0 aliphatic carbocycles. The molecular weight excluding hydrogens is 334 g/mol. The second kappa shape index (κ2) is 6.88. The lowest BCUT2D eigenvalue weighted by molar-refractivity contribution is -0.120. The zero-order chi connectivity index (χ0) is 14.5. The van der Waals surface area contributed by atoms with Crippen LogP contribution in [-0.2, 0) is 14.8 Å². The molecule has 0 unspecified atom stereocenters. The van der Waals surface area contributed by atoms with Gasteiger partial charge >= 0.3 is 0 Å². The van der Waals surface area contributed by atoms with Crippen molar-refractivity contribution in [2.24, 2.45) is 0 Å². The molecule has 1 amide bonds. The number of sulfonamides is 1. The summed E-state index contributed by atoms with van der Waals surface area (Å²) < 4.78 is 26.7. The molecule has 1 aromatic rings. The van der Waals surface area contributed by atoms with Gasteiger partial charge in [-0.3, -0.25) is 4.79 Å². The van der Waals surface area contributed by atoms with Gasteiger partial charge in [-0.25, -0.2) is 13.1 Å². The molecule has 0 saturated heterocycles. The molecule has 1 rings (SSSR count). The third kappa shape index (κ3) is 4.81. The van der Waals surface area contributed by atoms with E-state index in [-0.39, 0.29) is 23.8 Å². The molecular formula is C11H16BrN3O3S. The predicted octanol–water partition coefficient (Wildman–Crippen LogP) is 0.836. The molecule has 0 aliphatic rings. The highest BCUT2D eigenvalue weighted by Crippen LogP contribution is 2.22. The SMILES string of the molecule is CCNC(=O)CCNS(=O)(=O)c1ccc(N)c(Br)c1. The van der Waals surface area contributed by atoms with E-state index in [1.165, 1.54) is 18.2 Å². The van der Waals surface area contributed by atoms with E-state index in [4.69, 9.17) is 5.73 Å². The molecule has 0 fully saturated rings. The van der Waals surface area contributed by atoms with Gasteiger partial charge in [0, 0.05) is 29.7 Å². The van der Waals surface area contributed by atoms with Gasteiger partial charge in [0.15, 0.2) is 0 Å². The van der Waals surface area contributed by atoms with Crippen LogP contribution in [0.5, 0.6) is 0 Å². The largest absolute Gasteiger partial charge is 0.398 e. The smallest absolute Gasteiger partial charge is 0.240 e. The Hall–Kier alpha value is -1.12. The summed E-state index contributed by atoms with van der Waals surface area (Å²) in [5, 5.41) is 2.59. The zero-order valence-corrected chi connectivity index (χ0v) is 12.8. The number of nitrogens with two attached hydrogens (primary N) is 1. The fraction of sp³-hybridized carbons (Fsp3) is 0.364. The fourth-order valence-electron chi connectivity index (χ4n) is 1.34. The summed E-state index contributed by atoms with van der Waals surface area (Å²) in [4.78, 5) is 11.3. The maximum absolute atomic E-state index is 11.9. The van der Waals surface area contributed by atoms with Gasteiger partial charge in [0.05, 0.1) is 4.90 Å². The number of rotatable bonds is 6. The summed E-state index contributed by atoms with van der Waals surface area (Å²) >= 11 is 3.17. The summed E-state index contributed by atoms with van der Waals surface area (Å²) in [6.07, 6.45) is 0.100. The molecule has 0 aliphatic heterocycles. The normalized spacial score (nSPS) is 11.3. The first-order chi connectivity index (χ1) is 8.86. The van der Waals surface area contributed by atoms with Crippen molar-refractivity contribution in [2.45, 2.75) is 18.2 Å². The van der Waals surface area contributed by atoms with Crippen molar-refractivity contribution in [3.05, 3.63) is 22.7 Å². The minimum Gasteiger partial charge on any atom is -0.398 e. The van der Waals surface area contributed by atoms with E-state index < -0.39 is 10.0 Å². The van der Waals surface area contributed by atoms with Crippen LogP contribution >= 0.6 is 15.9 Å². The summed E-state index contributed by atoms with van der Waals surface area (Å²) in [6.45, 7) is 2.38. The number of carbonyl (C=O) groups excluding carboxylic acids is 1. The highest BCUT2D eigenvalue weighted by atomic mass is 79.9. The van der Waals surface area contributed by atoms with Gasteiger partial charge in [0.25, 0.3) is 0 Å². The summed E-state index contributed by atoms with van der Waals surface area (Å²) in [6, 6.07) is 4.33. The fourth-order valence-corrected chi connectivity index (χ4v) is 2.93. The number of nitrogens with one attached hydrogen (secondary N) is 2. The molecule has 0 atom stereocenters. The van der Waals surface area contributed by atoms with Crippen LogP contribution in [0, 0.1) is 0 Å². The van der Waals surface area contributed by atoms with Crippen molar-refractivity contribution >= 4 is 37.5 Å². The standard InChI is InChI=1S/C11H16BrN3O3S/c1-2-14-11(16)5-6-15-19(17,18)8-3-4-10(13)9(12)7-8/h3-4,7,15H,2,5-6,13H2,1H3,(H,14,16). The Kier molecular flexibility index (Phi) is 5.77. The van der Waals surface area contributed by atoms with Crippen molar-refractivity contribution in [3.8, 4) is 0 Å². The van der Waals surface area contributed by atoms with E-state index in [0.29, 0.717) is 16.7 Å². The van der Waals surface area contributed by atoms with E-state index in [9.17, 15) is 13.2 Å². The summed E-state index contributed by atoms with van der Waals surface area (Å²) in [5.41, 5.74) is 6.05. The molecule has 0 spiro atoms. The van der Waals surface area contributed by atoms with Crippen LogP contribution in [0.3, 0.4) is 0 Å². The number of amides is 1. The van der Waals surface area contributed by atoms with Crippen LogP contribution in [0.1, 0.15) is 13.3 Å². The summed E-state index contributed by atoms with van der Waals surface area (Å²) in [5.74, 6) is -0.191. The molecule has 6 nitrogen and oxygen atoms in total. The Balaban J connectivity index is 2.66. The average molecular weight is 350 g/mol. The number of hydrogen-bond acceptors (Lipinski definition) is 4. The maximum atomic E-state index is 11.9. The second-order valence-electron chi connectivity index (χ2n) is 3.78. The first kappa shape index (κ1) is 15.9. The quantitative estimate of drug-likeness (QED) is 0.662. The third-order valence-corrected chi connectivity index (χ3v) is 4.45. The number of benzene rings is 1. The van der Waals surface area contributed by atoms with Crippen molar-refractivity contribution < 1.29 is 13.2 Å². The number of nitrogen functional groups attached to an aromatic ring is 1. The predicted molar refractivity (Wildman–Crippen MR) is 77.0 cm³/mol. The average Bonchev–Trinajstić information content (AvgIpc) is 2.32. The summed E-state index contributed by atoms with van der Waals surface area (Å²) in [7, 11) is -3.63. The molecule has 0 bridgehead atoms. The second-order valence-corrected chi connectivity index (χ2v) is 6.41. The molecule has 0 heterocycles. The minimum atomic E-state index is -3.63. The Labute approximate surface area is 120 Å². The molecule has 1 aromatic carbocycles. The van der Waals surface area contributed by atoms with Gasteiger partial charge in [-0.2, -0.15) is 0 Å². The van der Waals surface area contributed by atoms with E-state index >= 15 is 0 Å². The Morgan fingerprint density at radius 1 is 1.42 bits per heavy atom. The van der Waals surface area contributed by atoms with Crippen LogP contribution in [0.25, 0.3) is 0 Å². The van der Waals surface area contributed by atoms with Gasteiger partial charge in [-0.1, -0.05) is 0 Å². The highest BCUT2D eigenvalue weighted by Gasteiger charge is 2.15. The Morgan fingerprint density at radius 3 is 2.68 bits per heavy atom. The van der Waals surface area contributed by atoms with Gasteiger partial charge in [0.1, 0.15) is 0 Å². The number of carbonyl (C=O) groups is 1. The number of anilines is 1. The molecule has 0 saturated carbocycles. The first-order valence-electron chi connectivity index (χ1n) is 5.68. The van der Waals surface area contributed by atoms with Crippen LogP contribution in [0.2, 0.25) is 0 Å². The highest BCUT2D eigenvalue weighted by molar-refractivity contribution is 9.10. The van der Waals surface area contributed by atoms with Gasteiger partial charge in [0.2, 0.25) is 15.9 Å². The van der Waals surface area contributed by atoms with Gasteiger partial charge < -0.3 is 11.1 Å². The van der Waals surface area contributed by atoms with Crippen LogP contribution < -0.4 is 15.8 Å². The number of halogens is 1. The number of hydrogen-bond donors (Lipinski definition) is 3. The van der Waals surface area contributed by atoms with Crippen LogP contribution in [-0.4, -0.2) is 27.4 Å². The molecule has 0 radical (unpaired) electrons. The van der Waals surface area contributed by atoms with Crippen molar-refractivity contribution in [1.29, 1.82) is 0 Å². The molecule has 8 heteroatoms. The van der Waals surface area contributed by atoms with Crippen molar-refractivity contribution in [3.63, 3.8) is 0 Å². The zero-order valence-electron chi connectivity index (χ0n) is 10.4. The minimum absolute atomic E-state index is 0.0517.